The maximum absolute atomic E-state index is 12.7. The van der Waals surface area contributed by atoms with Crippen LogP contribution in [-0.4, -0.2) is 71.7 Å². The van der Waals surface area contributed by atoms with E-state index in [1.165, 1.54) is 0 Å². The monoisotopic (exact) mass is 621 g/mol. The van der Waals surface area contributed by atoms with Crippen molar-refractivity contribution in [2.45, 2.75) is 77.1 Å². The van der Waals surface area contributed by atoms with Gasteiger partial charge in [-0.2, -0.15) is 0 Å². The zero-order chi connectivity index (χ0) is 31.9. The molecule has 0 saturated heterocycles. The topological polar surface area (TPSA) is 156 Å². The van der Waals surface area contributed by atoms with Crippen LogP contribution in [0.3, 0.4) is 0 Å². The predicted molar refractivity (Wildman–Crippen MR) is 172 cm³/mol. The SMILES string of the molecule is CNCc1ccc(NNC(=O)COC2CCCCCc3c2nnn3CCCNC(=O)c2ccc(OCC[C@H](C)NC)cc2)nc1. The second-order valence-electron chi connectivity index (χ2n) is 11.3. The summed E-state index contributed by atoms with van der Waals surface area (Å²) >= 11 is 0. The number of rotatable bonds is 17. The van der Waals surface area contributed by atoms with Gasteiger partial charge in [0.05, 0.1) is 12.3 Å². The Kier molecular flexibility index (Phi) is 13.6. The molecule has 5 N–H and O–H groups in total. The van der Waals surface area contributed by atoms with Gasteiger partial charge in [0.15, 0.2) is 0 Å². The molecule has 3 aromatic rings. The van der Waals surface area contributed by atoms with Gasteiger partial charge in [-0.05, 0) is 89.0 Å². The molecule has 13 heteroatoms. The van der Waals surface area contributed by atoms with Crippen LogP contribution in [0, 0.1) is 0 Å². The number of aromatic nitrogens is 4. The summed E-state index contributed by atoms with van der Waals surface area (Å²) in [5.74, 6) is 0.871. The van der Waals surface area contributed by atoms with E-state index < -0.39 is 0 Å². The van der Waals surface area contributed by atoms with Crippen LogP contribution in [0.1, 0.15) is 78.9 Å². The molecule has 1 aliphatic rings. The number of hydrazine groups is 1. The number of hydrogen-bond acceptors (Lipinski definition) is 10. The molecule has 0 bridgehead atoms. The Labute approximate surface area is 265 Å². The van der Waals surface area contributed by atoms with E-state index >= 15 is 0 Å². The molecule has 13 nitrogen and oxygen atoms in total. The number of ether oxygens (including phenoxy) is 2. The quantitative estimate of drug-likeness (QED) is 0.112. The van der Waals surface area contributed by atoms with Crippen LogP contribution in [0.2, 0.25) is 0 Å². The van der Waals surface area contributed by atoms with E-state index in [0.29, 0.717) is 43.5 Å². The normalized spacial score (nSPS) is 15.3. The number of carbonyl (C=O) groups excluding carboxylic acids is 2. The van der Waals surface area contributed by atoms with Gasteiger partial charge in [0, 0.05) is 37.4 Å². The van der Waals surface area contributed by atoms with E-state index in [2.05, 4.69) is 49.0 Å². The Morgan fingerprint density at radius 1 is 1.09 bits per heavy atom. The first-order chi connectivity index (χ1) is 22.0. The molecule has 244 valence electrons. The number of hydrogen-bond donors (Lipinski definition) is 5. The van der Waals surface area contributed by atoms with Gasteiger partial charge in [0.25, 0.3) is 11.8 Å². The first-order valence-electron chi connectivity index (χ1n) is 15.8. The van der Waals surface area contributed by atoms with Gasteiger partial charge in [-0.15, -0.1) is 5.10 Å². The van der Waals surface area contributed by atoms with Gasteiger partial charge in [0.1, 0.15) is 30.0 Å². The fourth-order valence-corrected chi connectivity index (χ4v) is 5.02. The summed E-state index contributed by atoms with van der Waals surface area (Å²) < 4.78 is 13.7. The van der Waals surface area contributed by atoms with Crippen LogP contribution in [0.5, 0.6) is 5.75 Å². The fraction of sp³-hybridized carbons (Fsp3) is 0.531. The molecule has 2 atom stereocenters. The van der Waals surface area contributed by atoms with E-state index in [4.69, 9.17) is 9.47 Å². The van der Waals surface area contributed by atoms with Crippen LogP contribution in [0.4, 0.5) is 5.82 Å². The number of anilines is 1. The number of carbonyl (C=O) groups is 2. The van der Waals surface area contributed by atoms with Crippen molar-refractivity contribution in [2.24, 2.45) is 0 Å². The Balaban J connectivity index is 1.21. The number of nitrogens with zero attached hydrogens (tertiary/aromatic N) is 4. The molecule has 2 amide bonds. The van der Waals surface area contributed by atoms with Crippen molar-refractivity contribution in [2.75, 3.05) is 39.3 Å². The average molecular weight is 622 g/mol. The second-order valence-corrected chi connectivity index (χ2v) is 11.3. The van der Waals surface area contributed by atoms with E-state index in [1.807, 2.05) is 37.0 Å². The highest BCUT2D eigenvalue weighted by atomic mass is 16.5. The van der Waals surface area contributed by atoms with Crippen molar-refractivity contribution in [3.63, 3.8) is 0 Å². The Morgan fingerprint density at radius 3 is 2.69 bits per heavy atom. The van der Waals surface area contributed by atoms with Crippen molar-refractivity contribution < 1.29 is 19.1 Å². The fourth-order valence-electron chi connectivity index (χ4n) is 5.02. The van der Waals surface area contributed by atoms with E-state index in [0.717, 1.165) is 67.8 Å². The lowest BCUT2D eigenvalue weighted by molar-refractivity contribution is -0.127. The molecule has 4 rings (SSSR count). The highest BCUT2D eigenvalue weighted by Crippen LogP contribution is 2.29. The minimum Gasteiger partial charge on any atom is -0.494 e. The zero-order valence-electron chi connectivity index (χ0n) is 26.6. The van der Waals surface area contributed by atoms with Crippen molar-refractivity contribution in [3.05, 3.63) is 65.1 Å². The second kappa shape index (κ2) is 18.0. The molecule has 1 aliphatic carbocycles. The van der Waals surface area contributed by atoms with Gasteiger partial charge in [-0.3, -0.25) is 20.4 Å². The molecule has 1 aromatic carbocycles. The summed E-state index contributed by atoms with van der Waals surface area (Å²) in [7, 11) is 3.81. The van der Waals surface area contributed by atoms with Gasteiger partial charge in [-0.1, -0.05) is 24.1 Å². The maximum atomic E-state index is 12.7. The van der Waals surface area contributed by atoms with Crippen molar-refractivity contribution in [1.82, 2.24) is 41.4 Å². The Bertz CT molecular complexity index is 1330. The molecule has 0 saturated carbocycles. The lowest BCUT2D eigenvalue weighted by Crippen LogP contribution is -2.33. The summed E-state index contributed by atoms with van der Waals surface area (Å²) in [5, 5.41) is 18.1. The molecule has 0 aliphatic heterocycles. The number of fused-ring (bicyclic) bond motifs is 1. The van der Waals surface area contributed by atoms with Gasteiger partial charge < -0.3 is 25.4 Å². The number of pyridine rings is 1. The maximum Gasteiger partial charge on any atom is 0.264 e. The first kappa shape index (κ1) is 33.8. The number of benzene rings is 1. The molecule has 2 aromatic heterocycles. The Morgan fingerprint density at radius 2 is 1.93 bits per heavy atom. The van der Waals surface area contributed by atoms with Crippen LogP contribution < -0.4 is 31.5 Å². The standard InChI is InChI=1S/C32H47N9O4/c1-23(34-3)16-19-44-26-13-11-25(12-14-26)32(43)35-17-7-18-41-27-8-5-4-6-9-28(31(27)39-40-41)45-22-30(42)38-37-29-15-10-24(20-33-2)21-36-29/h10-15,21,23,28,33-34H,4-9,16-20,22H2,1-3H3,(H,35,43)(H,36,37)(H,38,42)/t23-,28?/m0/s1. The number of nitrogens with one attached hydrogen (secondary N) is 5. The van der Waals surface area contributed by atoms with E-state index in [-0.39, 0.29) is 24.5 Å². The summed E-state index contributed by atoms with van der Waals surface area (Å²) in [5.41, 5.74) is 8.95. The smallest absolute Gasteiger partial charge is 0.264 e. The van der Waals surface area contributed by atoms with Crippen LogP contribution in [0.25, 0.3) is 0 Å². The molecule has 2 heterocycles. The predicted octanol–water partition coefficient (Wildman–Crippen LogP) is 2.91. The van der Waals surface area contributed by atoms with Gasteiger partial charge in [-0.25, -0.2) is 9.67 Å². The van der Waals surface area contributed by atoms with Crippen LogP contribution >= 0.6 is 0 Å². The summed E-state index contributed by atoms with van der Waals surface area (Å²) in [6.07, 6.45) is 7.78. The molecule has 0 radical (unpaired) electrons. The lowest BCUT2D eigenvalue weighted by atomic mass is 9.99. The molecular weight excluding hydrogens is 574 g/mol. The molecule has 45 heavy (non-hydrogen) atoms. The third-order valence-electron chi connectivity index (χ3n) is 7.76. The van der Waals surface area contributed by atoms with E-state index in [9.17, 15) is 9.59 Å². The van der Waals surface area contributed by atoms with Crippen LogP contribution in [0.15, 0.2) is 42.6 Å². The lowest BCUT2D eigenvalue weighted by Gasteiger charge is -2.20. The highest BCUT2D eigenvalue weighted by Gasteiger charge is 2.25. The summed E-state index contributed by atoms with van der Waals surface area (Å²) in [6.45, 7) is 4.46. The molecule has 0 spiro atoms. The summed E-state index contributed by atoms with van der Waals surface area (Å²) in [6, 6.07) is 11.3. The van der Waals surface area contributed by atoms with Crippen molar-refractivity contribution in [3.8, 4) is 5.75 Å². The largest absolute Gasteiger partial charge is 0.494 e. The van der Waals surface area contributed by atoms with Crippen molar-refractivity contribution >= 4 is 17.6 Å². The van der Waals surface area contributed by atoms with Crippen molar-refractivity contribution in [1.29, 1.82) is 0 Å². The van der Waals surface area contributed by atoms with Gasteiger partial charge in [0.2, 0.25) is 0 Å². The number of aryl methyl sites for hydroxylation is 1. The average Bonchev–Trinajstić information content (AvgIpc) is 3.44. The van der Waals surface area contributed by atoms with Crippen LogP contribution in [-0.2, 0) is 29.0 Å². The van der Waals surface area contributed by atoms with Gasteiger partial charge >= 0.3 is 0 Å². The molecule has 0 fully saturated rings. The first-order valence-corrected chi connectivity index (χ1v) is 15.8. The highest BCUT2D eigenvalue weighted by molar-refractivity contribution is 5.94. The minimum atomic E-state index is -0.308. The third-order valence-corrected chi connectivity index (χ3v) is 7.76. The summed E-state index contributed by atoms with van der Waals surface area (Å²) in [4.78, 5) is 29.4. The van der Waals surface area contributed by atoms with E-state index in [1.54, 1.807) is 24.4 Å². The third kappa shape index (κ3) is 10.8. The number of amides is 2. The molecule has 1 unspecified atom stereocenters. The molecular formula is C32H47N9O4. The minimum absolute atomic E-state index is 0.115. The Hall–Kier alpha value is -4.07. The zero-order valence-corrected chi connectivity index (χ0v) is 26.6.